The molecule has 2 rings (SSSR count). The van der Waals surface area contributed by atoms with E-state index in [9.17, 15) is 9.59 Å². The van der Waals surface area contributed by atoms with Gasteiger partial charge in [0.2, 0.25) is 5.91 Å². The molecule has 0 aliphatic heterocycles. The van der Waals surface area contributed by atoms with E-state index < -0.39 is 0 Å². The molecule has 0 fully saturated rings. The normalized spacial score (nSPS) is 10.5. The van der Waals surface area contributed by atoms with E-state index in [0.717, 1.165) is 11.3 Å². The number of ketones is 1. The molecule has 4 nitrogen and oxygen atoms in total. The van der Waals surface area contributed by atoms with Gasteiger partial charge in [-0.25, -0.2) is 0 Å². The third kappa shape index (κ3) is 5.11. The highest BCUT2D eigenvalue weighted by atomic mass is 16.5. The van der Waals surface area contributed by atoms with Gasteiger partial charge in [-0.2, -0.15) is 0 Å². The highest BCUT2D eigenvalue weighted by molar-refractivity contribution is 6.07. The van der Waals surface area contributed by atoms with Crippen molar-refractivity contribution in [3.8, 4) is 5.75 Å². The molecule has 1 N–H and O–H groups in total. The molecule has 0 saturated heterocycles. The minimum atomic E-state index is -0.167. The molecule has 0 saturated carbocycles. The number of nitrogens with one attached hydrogen (secondary N) is 1. The van der Waals surface area contributed by atoms with Gasteiger partial charge in [0.25, 0.3) is 0 Å². The summed E-state index contributed by atoms with van der Waals surface area (Å²) in [5.74, 6) is 0.518. The van der Waals surface area contributed by atoms with Crippen LogP contribution in [0.1, 0.15) is 29.8 Å². The minimum Gasteiger partial charge on any atom is -0.494 e. The highest BCUT2D eigenvalue weighted by Crippen LogP contribution is 2.15. The number of hydrogen-bond acceptors (Lipinski definition) is 3. The zero-order valence-electron chi connectivity index (χ0n) is 13.2. The number of amides is 1. The van der Waals surface area contributed by atoms with Crippen molar-refractivity contribution >= 4 is 23.5 Å². The first-order valence-electron chi connectivity index (χ1n) is 7.41. The number of hydrogen-bond donors (Lipinski definition) is 1. The molecule has 23 heavy (non-hydrogen) atoms. The Labute approximate surface area is 135 Å². The smallest absolute Gasteiger partial charge is 0.221 e. The van der Waals surface area contributed by atoms with Gasteiger partial charge < -0.3 is 10.1 Å². The van der Waals surface area contributed by atoms with Gasteiger partial charge in [0, 0.05) is 18.2 Å². The molecular formula is C19H19NO3. The summed E-state index contributed by atoms with van der Waals surface area (Å²) in [5, 5.41) is 2.66. The topological polar surface area (TPSA) is 55.4 Å². The van der Waals surface area contributed by atoms with Gasteiger partial charge in [0.15, 0.2) is 5.78 Å². The third-order valence-corrected chi connectivity index (χ3v) is 3.09. The zero-order chi connectivity index (χ0) is 16.7. The van der Waals surface area contributed by atoms with Gasteiger partial charge in [0.1, 0.15) is 5.75 Å². The third-order valence-electron chi connectivity index (χ3n) is 3.09. The maximum atomic E-state index is 12.2. The Morgan fingerprint density at radius 2 is 1.87 bits per heavy atom. The van der Waals surface area contributed by atoms with Gasteiger partial charge in [-0.05, 0) is 42.8 Å². The lowest BCUT2D eigenvalue weighted by Gasteiger charge is -2.04. The second kappa shape index (κ2) is 7.94. The molecule has 0 spiro atoms. The molecule has 0 unspecified atom stereocenters. The van der Waals surface area contributed by atoms with E-state index in [2.05, 4.69) is 5.32 Å². The SMILES string of the molecule is CCOc1ccc(C=CC(=O)c2cccc(NC(C)=O)c2)cc1. The molecule has 4 heteroatoms. The summed E-state index contributed by atoms with van der Waals surface area (Å²) in [6, 6.07) is 14.4. The van der Waals surface area contributed by atoms with Crippen molar-refractivity contribution in [2.45, 2.75) is 13.8 Å². The van der Waals surface area contributed by atoms with Gasteiger partial charge >= 0.3 is 0 Å². The van der Waals surface area contributed by atoms with Crippen LogP contribution in [0.5, 0.6) is 5.75 Å². The molecule has 0 aliphatic rings. The number of ether oxygens (including phenoxy) is 1. The van der Waals surface area contributed by atoms with Gasteiger partial charge in [-0.3, -0.25) is 9.59 Å². The molecule has 0 aromatic heterocycles. The first kappa shape index (κ1) is 16.5. The minimum absolute atomic E-state index is 0.119. The molecule has 0 bridgehead atoms. The van der Waals surface area contributed by atoms with E-state index in [-0.39, 0.29) is 11.7 Å². The van der Waals surface area contributed by atoms with Crippen molar-refractivity contribution in [3.63, 3.8) is 0 Å². The van der Waals surface area contributed by atoms with Crippen LogP contribution in [0.25, 0.3) is 6.08 Å². The van der Waals surface area contributed by atoms with Gasteiger partial charge in [-0.1, -0.05) is 30.3 Å². The summed E-state index contributed by atoms with van der Waals surface area (Å²) >= 11 is 0. The number of allylic oxidation sites excluding steroid dienone is 1. The van der Waals surface area contributed by atoms with Crippen LogP contribution in [0.2, 0.25) is 0 Å². The summed E-state index contributed by atoms with van der Waals surface area (Å²) in [7, 11) is 0. The average molecular weight is 309 g/mol. The van der Waals surface area contributed by atoms with Crippen LogP contribution >= 0.6 is 0 Å². The Hall–Kier alpha value is -2.88. The fourth-order valence-corrected chi connectivity index (χ4v) is 2.06. The molecule has 0 heterocycles. The Morgan fingerprint density at radius 1 is 1.13 bits per heavy atom. The van der Waals surface area contributed by atoms with Gasteiger partial charge in [-0.15, -0.1) is 0 Å². The van der Waals surface area contributed by atoms with Crippen molar-refractivity contribution in [1.29, 1.82) is 0 Å². The van der Waals surface area contributed by atoms with E-state index in [4.69, 9.17) is 4.74 Å². The Morgan fingerprint density at radius 3 is 2.52 bits per heavy atom. The standard InChI is InChI=1S/C19H19NO3/c1-3-23-18-10-7-15(8-11-18)9-12-19(22)16-5-4-6-17(13-16)20-14(2)21/h4-13H,3H2,1-2H3,(H,20,21). The average Bonchev–Trinajstić information content (AvgIpc) is 2.54. The van der Waals surface area contributed by atoms with Gasteiger partial charge in [0.05, 0.1) is 6.61 Å². The maximum Gasteiger partial charge on any atom is 0.221 e. The molecule has 1 amide bonds. The molecular weight excluding hydrogens is 290 g/mol. The lowest BCUT2D eigenvalue weighted by atomic mass is 10.1. The second-order valence-electron chi connectivity index (χ2n) is 4.96. The van der Waals surface area contributed by atoms with Crippen LogP contribution in [-0.2, 0) is 4.79 Å². The van der Waals surface area contributed by atoms with E-state index >= 15 is 0 Å². The number of anilines is 1. The summed E-state index contributed by atoms with van der Waals surface area (Å²) in [6.45, 7) is 3.99. The van der Waals surface area contributed by atoms with Crippen LogP contribution in [0, 0.1) is 0 Å². The van der Waals surface area contributed by atoms with Crippen LogP contribution in [0.15, 0.2) is 54.6 Å². The van der Waals surface area contributed by atoms with E-state index in [1.54, 1.807) is 30.3 Å². The monoisotopic (exact) mass is 309 g/mol. The van der Waals surface area contributed by atoms with Crippen LogP contribution in [0.4, 0.5) is 5.69 Å². The Balaban J connectivity index is 2.07. The number of rotatable bonds is 6. The van der Waals surface area contributed by atoms with Crippen LogP contribution < -0.4 is 10.1 Å². The molecule has 2 aromatic carbocycles. The summed E-state index contributed by atoms with van der Waals surface area (Å²) in [4.78, 5) is 23.3. The molecule has 118 valence electrons. The van der Waals surface area contributed by atoms with E-state index in [0.29, 0.717) is 17.9 Å². The number of benzene rings is 2. The number of carbonyl (C=O) groups excluding carboxylic acids is 2. The van der Waals surface area contributed by atoms with Crippen LogP contribution in [0.3, 0.4) is 0 Å². The highest BCUT2D eigenvalue weighted by Gasteiger charge is 2.04. The van der Waals surface area contributed by atoms with Crippen molar-refractivity contribution < 1.29 is 14.3 Å². The Bertz CT molecular complexity index is 718. The number of carbonyl (C=O) groups is 2. The van der Waals surface area contributed by atoms with Crippen molar-refractivity contribution in [3.05, 3.63) is 65.7 Å². The lowest BCUT2D eigenvalue weighted by Crippen LogP contribution is -2.06. The van der Waals surface area contributed by atoms with Crippen LogP contribution in [-0.4, -0.2) is 18.3 Å². The first-order valence-corrected chi connectivity index (χ1v) is 7.41. The van der Waals surface area contributed by atoms with E-state index in [1.807, 2.05) is 31.2 Å². The second-order valence-corrected chi connectivity index (χ2v) is 4.96. The molecule has 0 radical (unpaired) electrons. The molecule has 0 aliphatic carbocycles. The summed E-state index contributed by atoms with van der Waals surface area (Å²) < 4.78 is 5.38. The van der Waals surface area contributed by atoms with Crippen molar-refractivity contribution in [2.24, 2.45) is 0 Å². The molecule has 0 atom stereocenters. The summed E-state index contributed by atoms with van der Waals surface area (Å²) in [6.07, 6.45) is 3.27. The lowest BCUT2D eigenvalue weighted by molar-refractivity contribution is -0.114. The predicted octanol–water partition coefficient (Wildman–Crippen LogP) is 3.94. The first-order chi connectivity index (χ1) is 11.1. The van der Waals surface area contributed by atoms with Crippen molar-refractivity contribution in [2.75, 3.05) is 11.9 Å². The zero-order valence-corrected chi connectivity index (χ0v) is 13.2. The Kier molecular flexibility index (Phi) is 5.69. The molecule has 2 aromatic rings. The quantitative estimate of drug-likeness (QED) is 0.649. The summed E-state index contributed by atoms with van der Waals surface area (Å²) in [5.41, 5.74) is 2.05. The predicted molar refractivity (Wildman–Crippen MR) is 91.7 cm³/mol. The largest absolute Gasteiger partial charge is 0.494 e. The van der Waals surface area contributed by atoms with E-state index in [1.165, 1.54) is 13.0 Å². The fraction of sp³-hybridized carbons (Fsp3) is 0.158. The fourth-order valence-electron chi connectivity index (χ4n) is 2.06. The van der Waals surface area contributed by atoms with Crippen molar-refractivity contribution in [1.82, 2.24) is 0 Å². The maximum absolute atomic E-state index is 12.2.